The second-order valence-corrected chi connectivity index (χ2v) is 10.8. The van der Waals surface area contributed by atoms with Gasteiger partial charge in [0, 0.05) is 25.4 Å². The van der Waals surface area contributed by atoms with Crippen LogP contribution in [0.1, 0.15) is 11.1 Å². The molecule has 0 spiro atoms. The molecule has 3 N–H and O–H groups in total. The average Bonchev–Trinajstić information content (AvgIpc) is 3.65. The van der Waals surface area contributed by atoms with Crippen LogP contribution in [-0.4, -0.2) is 81.5 Å². The molecule has 2 saturated heterocycles. The number of urea groups is 1. The summed E-state index contributed by atoms with van der Waals surface area (Å²) in [4.78, 5) is 48.0. The summed E-state index contributed by atoms with van der Waals surface area (Å²) in [5.74, 6) is -0.487. The van der Waals surface area contributed by atoms with Crippen LogP contribution < -0.4 is 11.1 Å². The SMILES string of the molecule is CNC(=O)N(CC#N)N1CC(=O)N2[C@@H](Cc3ccc4occc4c3)C(=O)N(Cc3cccc4sc(N)nc34)C[C@@H]21. The largest absolute Gasteiger partial charge is 0.464 e. The number of aromatic nitrogens is 1. The van der Waals surface area contributed by atoms with Crippen molar-refractivity contribution >= 4 is 55.5 Å². The smallest absolute Gasteiger partial charge is 0.332 e. The van der Waals surface area contributed by atoms with Crippen molar-refractivity contribution in [3.8, 4) is 6.07 Å². The van der Waals surface area contributed by atoms with Crippen LogP contribution in [0.4, 0.5) is 9.93 Å². The number of fused-ring (bicyclic) bond motifs is 3. The summed E-state index contributed by atoms with van der Waals surface area (Å²) >= 11 is 1.38. The van der Waals surface area contributed by atoms with Gasteiger partial charge in [0.1, 0.15) is 24.3 Å². The van der Waals surface area contributed by atoms with Crippen LogP contribution in [0.3, 0.4) is 0 Å². The number of hydrogen-bond acceptors (Lipinski definition) is 9. The number of piperazine rings is 1. The molecule has 4 aromatic rings. The lowest BCUT2D eigenvalue weighted by Crippen LogP contribution is -2.66. The van der Waals surface area contributed by atoms with Crippen molar-refractivity contribution in [1.29, 1.82) is 5.26 Å². The molecule has 13 heteroatoms. The quantitative estimate of drug-likeness (QED) is 0.342. The molecule has 204 valence electrons. The molecule has 2 atom stereocenters. The van der Waals surface area contributed by atoms with Crippen LogP contribution in [0.5, 0.6) is 0 Å². The fourth-order valence-electron chi connectivity index (χ4n) is 5.59. The zero-order chi connectivity index (χ0) is 28.0. The standard InChI is InChI=1S/C27H26N8O4S/c1-30-27(38)33(9-8-28)34-15-23(36)35-19(12-16-5-6-20-17(11-16)7-10-39-20)25(37)32(14-22(34)35)13-18-3-2-4-21-24(18)31-26(29)40-21/h2-7,10-11,19,22H,9,12-15H2,1H3,(H2,29,31)(H,30,38)/t19-,22+/m0/s1. The first-order valence-corrected chi connectivity index (χ1v) is 13.5. The van der Waals surface area contributed by atoms with E-state index in [1.54, 1.807) is 21.1 Å². The number of hydrazine groups is 1. The van der Waals surface area contributed by atoms with Crippen LogP contribution in [0, 0.1) is 11.3 Å². The van der Waals surface area contributed by atoms with Crippen molar-refractivity contribution < 1.29 is 18.8 Å². The molecular formula is C27H26N8O4S. The van der Waals surface area contributed by atoms with Gasteiger partial charge in [-0.15, -0.1) is 0 Å². The Bertz CT molecular complexity index is 1680. The number of anilines is 1. The highest BCUT2D eigenvalue weighted by Gasteiger charge is 2.52. The van der Waals surface area contributed by atoms with Gasteiger partial charge in [-0.05, 0) is 35.4 Å². The second-order valence-electron chi connectivity index (χ2n) is 9.70. The van der Waals surface area contributed by atoms with E-state index >= 15 is 0 Å². The summed E-state index contributed by atoms with van der Waals surface area (Å²) in [6, 6.07) is 14.0. The second kappa shape index (κ2) is 10.1. The molecule has 2 aliphatic heterocycles. The van der Waals surface area contributed by atoms with E-state index in [0.29, 0.717) is 5.13 Å². The molecule has 12 nitrogen and oxygen atoms in total. The first kappa shape index (κ1) is 25.6. The van der Waals surface area contributed by atoms with Gasteiger partial charge in [0.2, 0.25) is 11.8 Å². The van der Waals surface area contributed by atoms with E-state index in [1.165, 1.54) is 23.4 Å². The van der Waals surface area contributed by atoms with E-state index in [9.17, 15) is 19.6 Å². The summed E-state index contributed by atoms with van der Waals surface area (Å²) < 4.78 is 6.38. The lowest BCUT2D eigenvalue weighted by atomic mass is 9.99. The Morgan fingerprint density at radius 3 is 2.95 bits per heavy atom. The van der Waals surface area contributed by atoms with Gasteiger partial charge in [-0.3, -0.25) is 9.59 Å². The number of thiazole rings is 1. The zero-order valence-corrected chi connectivity index (χ0v) is 22.4. The minimum absolute atomic E-state index is 0.129. The maximum absolute atomic E-state index is 14.1. The van der Waals surface area contributed by atoms with Crippen molar-refractivity contribution in [1.82, 2.24) is 30.1 Å². The highest BCUT2D eigenvalue weighted by molar-refractivity contribution is 7.22. The van der Waals surface area contributed by atoms with E-state index in [0.717, 1.165) is 32.3 Å². The van der Waals surface area contributed by atoms with Crippen molar-refractivity contribution in [3.05, 3.63) is 59.9 Å². The Kier molecular flexibility index (Phi) is 6.49. The minimum Gasteiger partial charge on any atom is -0.464 e. The molecule has 0 aliphatic carbocycles. The van der Waals surface area contributed by atoms with E-state index in [1.807, 2.05) is 48.5 Å². The Balaban J connectivity index is 1.38. The van der Waals surface area contributed by atoms with Crippen LogP contribution in [0.2, 0.25) is 0 Å². The highest BCUT2D eigenvalue weighted by atomic mass is 32.1. The third-order valence-electron chi connectivity index (χ3n) is 7.37. The number of nitrogen functional groups attached to an aromatic ring is 1. The lowest BCUT2D eigenvalue weighted by molar-refractivity contribution is -0.157. The van der Waals surface area contributed by atoms with E-state index in [2.05, 4.69) is 10.3 Å². The van der Waals surface area contributed by atoms with Gasteiger partial charge in [-0.2, -0.15) is 10.3 Å². The van der Waals surface area contributed by atoms with Crippen molar-refractivity contribution in [2.24, 2.45) is 0 Å². The number of benzene rings is 2. The summed E-state index contributed by atoms with van der Waals surface area (Å²) in [5, 5.41) is 16.1. The van der Waals surface area contributed by atoms with Gasteiger partial charge >= 0.3 is 6.03 Å². The topological polar surface area (TPSA) is 152 Å². The van der Waals surface area contributed by atoms with Gasteiger partial charge in [0.15, 0.2) is 5.13 Å². The number of amides is 4. The van der Waals surface area contributed by atoms with Gasteiger partial charge in [-0.1, -0.05) is 29.5 Å². The van der Waals surface area contributed by atoms with Gasteiger partial charge in [0.05, 0.1) is 35.6 Å². The lowest BCUT2D eigenvalue weighted by Gasteiger charge is -2.46. The van der Waals surface area contributed by atoms with Crippen molar-refractivity contribution in [2.75, 3.05) is 32.4 Å². The molecule has 4 heterocycles. The number of nitrogens with one attached hydrogen (secondary N) is 1. The fourth-order valence-corrected chi connectivity index (χ4v) is 6.37. The number of nitrogens with two attached hydrogens (primary N) is 1. The van der Waals surface area contributed by atoms with Gasteiger partial charge in [-0.25, -0.2) is 14.8 Å². The highest BCUT2D eigenvalue weighted by Crippen LogP contribution is 2.32. The Morgan fingerprint density at radius 1 is 1.30 bits per heavy atom. The van der Waals surface area contributed by atoms with Gasteiger partial charge < -0.3 is 25.3 Å². The number of rotatable bonds is 6. The van der Waals surface area contributed by atoms with E-state index < -0.39 is 18.2 Å². The Labute approximate surface area is 233 Å². The predicted octanol–water partition coefficient (Wildman–Crippen LogP) is 2.13. The first-order chi connectivity index (χ1) is 19.4. The number of hydrogen-bond donors (Lipinski definition) is 2. The number of furan rings is 1. The predicted molar refractivity (Wildman–Crippen MR) is 147 cm³/mol. The molecule has 2 aromatic carbocycles. The van der Waals surface area contributed by atoms with E-state index in [4.69, 9.17) is 10.2 Å². The fraction of sp³-hybridized carbons (Fsp3) is 0.296. The molecule has 0 saturated carbocycles. The maximum Gasteiger partial charge on any atom is 0.332 e. The molecule has 2 aliphatic rings. The molecular weight excluding hydrogens is 532 g/mol. The molecule has 40 heavy (non-hydrogen) atoms. The summed E-state index contributed by atoms with van der Waals surface area (Å²) in [6.07, 6.45) is 1.24. The number of carbonyl (C=O) groups excluding carboxylic acids is 3. The van der Waals surface area contributed by atoms with Crippen LogP contribution in [-0.2, 0) is 22.6 Å². The Morgan fingerprint density at radius 2 is 2.15 bits per heavy atom. The summed E-state index contributed by atoms with van der Waals surface area (Å²) in [6.45, 7) is 0.0266. The van der Waals surface area contributed by atoms with Crippen LogP contribution in [0.25, 0.3) is 21.2 Å². The van der Waals surface area contributed by atoms with Crippen molar-refractivity contribution in [3.63, 3.8) is 0 Å². The molecule has 6 rings (SSSR count). The number of para-hydroxylation sites is 1. The number of carbonyl (C=O) groups is 3. The molecule has 2 fully saturated rings. The third-order valence-corrected chi connectivity index (χ3v) is 8.22. The molecule has 0 bridgehead atoms. The van der Waals surface area contributed by atoms with Crippen LogP contribution >= 0.6 is 11.3 Å². The first-order valence-electron chi connectivity index (χ1n) is 12.7. The number of nitrogens with zero attached hydrogens (tertiary/aromatic N) is 6. The molecule has 0 unspecified atom stereocenters. The molecule has 2 aromatic heterocycles. The van der Waals surface area contributed by atoms with Crippen LogP contribution in [0.15, 0.2) is 53.1 Å². The monoisotopic (exact) mass is 558 g/mol. The summed E-state index contributed by atoms with van der Waals surface area (Å²) in [7, 11) is 1.47. The number of nitriles is 1. The summed E-state index contributed by atoms with van der Waals surface area (Å²) in [5.41, 5.74) is 9.14. The maximum atomic E-state index is 14.1. The zero-order valence-electron chi connectivity index (χ0n) is 21.6. The minimum atomic E-state index is -0.811. The van der Waals surface area contributed by atoms with Gasteiger partial charge in [0.25, 0.3) is 0 Å². The average molecular weight is 559 g/mol. The van der Waals surface area contributed by atoms with E-state index in [-0.39, 0.29) is 44.4 Å². The van der Waals surface area contributed by atoms with Crippen molar-refractivity contribution in [2.45, 2.75) is 25.2 Å². The third kappa shape index (κ3) is 4.37. The Hall–Kier alpha value is -4.67. The molecule has 4 amide bonds. The molecule has 0 radical (unpaired) electrons. The normalized spacial score (nSPS) is 19.3.